The van der Waals surface area contributed by atoms with E-state index in [-0.39, 0.29) is 11.5 Å². The molecule has 0 radical (unpaired) electrons. The second kappa shape index (κ2) is 9.05. The summed E-state index contributed by atoms with van der Waals surface area (Å²) in [5.41, 5.74) is 2.56. The van der Waals surface area contributed by atoms with Gasteiger partial charge in [0.05, 0.1) is 12.8 Å². The third kappa shape index (κ3) is 5.12. The molecule has 0 saturated carbocycles. The predicted molar refractivity (Wildman–Crippen MR) is 117 cm³/mol. The summed E-state index contributed by atoms with van der Waals surface area (Å²) < 4.78 is 7.36. The Morgan fingerprint density at radius 2 is 1.97 bits per heavy atom. The Kier molecular flexibility index (Phi) is 6.49. The van der Waals surface area contributed by atoms with E-state index in [4.69, 9.17) is 4.74 Å². The van der Waals surface area contributed by atoms with E-state index in [1.165, 1.54) is 4.68 Å². The smallest absolute Gasteiger partial charge is 0.271 e. The lowest BCUT2D eigenvalue weighted by Crippen LogP contribution is -2.35. The van der Waals surface area contributed by atoms with E-state index in [1.54, 1.807) is 32.2 Å². The van der Waals surface area contributed by atoms with Gasteiger partial charge >= 0.3 is 0 Å². The van der Waals surface area contributed by atoms with E-state index < -0.39 is 6.04 Å². The molecule has 0 spiro atoms. The first-order valence-electron chi connectivity index (χ1n) is 9.16. The fourth-order valence-corrected chi connectivity index (χ4v) is 3.42. The molecular weight excluding hydrogens is 434 g/mol. The number of hydrogen-bond donors (Lipinski definition) is 1. The molecule has 1 atom stereocenters. The average Bonchev–Trinajstić information content (AvgIpc) is 2.70. The standard InChI is InChI=1S/C22H22BrN3O3/c1-14-10-17(11-16-6-4-9-20(12-16)29-3)22(28)26(25-14)15(2)21(27)24-19-8-5-7-18(23)13-19/h4-10,12-13,15H,11H2,1-3H3,(H,24,27). The first kappa shape index (κ1) is 20.8. The lowest BCUT2D eigenvalue weighted by Gasteiger charge is -2.16. The molecule has 0 aliphatic heterocycles. The van der Waals surface area contributed by atoms with Crippen LogP contribution in [0.15, 0.2) is 63.9 Å². The van der Waals surface area contributed by atoms with Crippen LogP contribution in [-0.4, -0.2) is 22.8 Å². The Morgan fingerprint density at radius 3 is 2.69 bits per heavy atom. The first-order valence-corrected chi connectivity index (χ1v) is 9.95. The molecule has 150 valence electrons. The quantitative estimate of drug-likeness (QED) is 0.606. The zero-order chi connectivity index (χ0) is 21.0. The van der Waals surface area contributed by atoms with Crippen molar-refractivity contribution in [1.29, 1.82) is 0 Å². The van der Waals surface area contributed by atoms with Gasteiger partial charge in [-0.1, -0.05) is 34.1 Å². The molecule has 1 unspecified atom stereocenters. The number of halogens is 1. The van der Waals surface area contributed by atoms with Gasteiger partial charge in [0.15, 0.2) is 0 Å². The lowest BCUT2D eigenvalue weighted by molar-refractivity contribution is -0.119. The number of aromatic nitrogens is 2. The van der Waals surface area contributed by atoms with Gasteiger partial charge in [0.1, 0.15) is 11.8 Å². The van der Waals surface area contributed by atoms with Crippen molar-refractivity contribution in [2.75, 3.05) is 12.4 Å². The van der Waals surface area contributed by atoms with Crippen molar-refractivity contribution in [2.45, 2.75) is 26.3 Å². The van der Waals surface area contributed by atoms with Crippen molar-refractivity contribution < 1.29 is 9.53 Å². The van der Waals surface area contributed by atoms with Crippen molar-refractivity contribution >= 4 is 27.5 Å². The first-order chi connectivity index (χ1) is 13.9. The maximum atomic E-state index is 13.0. The Hall–Kier alpha value is -2.93. The van der Waals surface area contributed by atoms with Crippen molar-refractivity contribution in [3.63, 3.8) is 0 Å². The molecule has 7 heteroatoms. The number of aryl methyl sites for hydroxylation is 1. The average molecular weight is 456 g/mol. The van der Waals surface area contributed by atoms with Gasteiger partial charge in [0.25, 0.3) is 5.56 Å². The van der Waals surface area contributed by atoms with Gasteiger partial charge in [-0.2, -0.15) is 5.10 Å². The molecule has 3 rings (SSSR count). The van der Waals surface area contributed by atoms with Crippen LogP contribution in [0.25, 0.3) is 0 Å². The normalized spacial score (nSPS) is 11.7. The Balaban J connectivity index is 1.87. The molecule has 2 aromatic carbocycles. The van der Waals surface area contributed by atoms with Gasteiger partial charge < -0.3 is 10.1 Å². The van der Waals surface area contributed by atoms with Crippen LogP contribution < -0.4 is 15.6 Å². The Bertz CT molecular complexity index is 1090. The molecule has 0 saturated heterocycles. The van der Waals surface area contributed by atoms with Crippen LogP contribution in [0.4, 0.5) is 5.69 Å². The van der Waals surface area contributed by atoms with E-state index >= 15 is 0 Å². The maximum absolute atomic E-state index is 13.0. The maximum Gasteiger partial charge on any atom is 0.271 e. The zero-order valence-electron chi connectivity index (χ0n) is 16.5. The number of ether oxygens (including phenoxy) is 1. The molecule has 0 aliphatic rings. The Morgan fingerprint density at radius 1 is 1.21 bits per heavy atom. The van der Waals surface area contributed by atoms with E-state index in [9.17, 15) is 9.59 Å². The third-order valence-electron chi connectivity index (χ3n) is 4.50. The molecule has 0 bridgehead atoms. The fourth-order valence-electron chi connectivity index (χ4n) is 3.02. The zero-order valence-corrected chi connectivity index (χ0v) is 18.1. The van der Waals surface area contributed by atoms with Crippen molar-refractivity contribution in [3.8, 4) is 5.75 Å². The number of nitrogens with one attached hydrogen (secondary N) is 1. The van der Waals surface area contributed by atoms with Gasteiger partial charge in [-0.15, -0.1) is 0 Å². The molecule has 29 heavy (non-hydrogen) atoms. The minimum absolute atomic E-state index is 0.282. The van der Waals surface area contributed by atoms with Crippen LogP contribution in [0.1, 0.15) is 29.8 Å². The number of carbonyl (C=O) groups excluding carboxylic acids is 1. The molecule has 6 nitrogen and oxygen atoms in total. The highest BCUT2D eigenvalue weighted by molar-refractivity contribution is 9.10. The van der Waals surface area contributed by atoms with Gasteiger partial charge in [-0.3, -0.25) is 9.59 Å². The number of anilines is 1. The number of amides is 1. The van der Waals surface area contributed by atoms with Gasteiger partial charge in [-0.25, -0.2) is 4.68 Å². The Labute approximate surface area is 177 Å². The molecule has 1 amide bonds. The van der Waals surface area contributed by atoms with Gasteiger partial charge in [0.2, 0.25) is 5.91 Å². The summed E-state index contributed by atoms with van der Waals surface area (Å²) in [4.78, 5) is 25.7. The van der Waals surface area contributed by atoms with E-state index in [0.29, 0.717) is 23.4 Å². The number of carbonyl (C=O) groups is 1. The number of methoxy groups -OCH3 is 1. The summed E-state index contributed by atoms with van der Waals surface area (Å²) in [5.74, 6) is 0.422. The van der Waals surface area contributed by atoms with Crippen molar-refractivity contribution in [3.05, 3.63) is 86.2 Å². The van der Waals surface area contributed by atoms with Crippen LogP contribution in [0.5, 0.6) is 5.75 Å². The second-order valence-electron chi connectivity index (χ2n) is 6.76. The number of rotatable bonds is 6. The molecule has 1 aromatic heterocycles. The summed E-state index contributed by atoms with van der Waals surface area (Å²) in [7, 11) is 1.61. The number of hydrogen-bond acceptors (Lipinski definition) is 4. The monoisotopic (exact) mass is 455 g/mol. The SMILES string of the molecule is COc1cccc(Cc2cc(C)nn(C(C)C(=O)Nc3cccc(Br)c3)c2=O)c1. The minimum Gasteiger partial charge on any atom is -0.497 e. The number of nitrogens with zero attached hydrogens (tertiary/aromatic N) is 2. The molecule has 0 fully saturated rings. The van der Waals surface area contributed by atoms with E-state index in [2.05, 4.69) is 26.3 Å². The highest BCUT2D eigenvalue weighted by Crippen LogP contribution is 2.18. The molecule has 0 aliphatic carbocycles. The van der Waals surface area contributed by atoms with Crippen LogP contribution >= 0.6 is 15.9 Å². The van der Waals surface area contributed by atoms with Crippen LogP contribution in [0.2, 0.25) is 0 Å². The minimum atomic E-state index is -0.759. The third-order valence-corrected chi connectivity index (χ3v) is 4.99. The van der Waals surface area contributed by atoms with Crippen LogP contribution in [0.3, 0.4) is 0 Å². The van der Waals surface area contributed by atoms with Crippen LogP contribution in [-0.2, 0) is 11.2 Å². The van der Waals surface area contributed by atoms with Crippen molar-refractivity contribution in [1.82, 2.24) is 9.78 Å². The summed E-state index contributed by atoms with van der Waals surface area (Å²) in [6.45, 7) is 3.47. The molecule has 3 aromatic rings. The number of benzene rings is 2. The second-order valence-corrected chi connectivity index (χ2v) is 7.68. The van der Waals surface area contributed by atoms with Crippen molar-refractivity contribution in [2.24, 2.45) is 0 Å². The molecular formula is C22H22BrN3O3. The summed E-state index contributed by atoms with van der Waals surface area (Å²) >= 11 is 3.38. The summed E-state index contributed by atoms with van der Waals surface area (Å²) in [5, 5.41) is 7.13. The topological polar surface area (TPSA) is 73.2 Å². The van der Waals surface area contributed by atoms with E-state index in [1.807, 2.05) is 43.3 Å². The molecule has 1 N–H and O–H groups in total. The van der Waals surface area contributed by atoms with Gasteiger partial charge in [-0.05, 0) is 55.8 Å². The van der Waals surface area contributed by atoms with Gasteiger partial charge in [0, 0.05) is 22.1 Å². The van der Waals surface area contributed by atoms with E-state index in [0.717, 1.165) is 15.8 Å². The summed E-state index contributed by atoms with van der Waals surface area (Å²) in [6.07, 6.45) is 0.430. The summed E-state index contributed by atoms with van der Waals surface area (Å²) in [6, 6.07) is 15.9. The highest BCUT2D eigenvalue weighted by atomic mass is 79.9. The largest absolute Gasteiger partial charge is 0.497 e. The highest BCUT2D eigenvalue weighted by Gasteiger charge is 2.20. The predicted octanol–water partition coefficient (Wildman–Crippen LogP) is 4.11. The lowest BCUT2D eigenvalue weighted by atomic mass is 10.1. The molecule has 1 heterocycles. The van der Waals surface area contributed by atoms with Crippen LogP contribution in [0, 0.1) is 6.92 Å². The fraction of sp³-hybridized carbons (Fsp3) is 0.227.